The van der Waals surface area contributed by atoms with Gasteiger partial charge in [-0.1, -0.05) is 36.4 Å². The van der Waals surface area contributed by atoms with Crippen LogP contribution in [-0.2, 0) is 0 Å². The molecule has 4 nitrogen and oxygen atoms in total. The van der Waals surface area contributed by atoms with Crippen LogP contribution in [0, 0.1) is 4.77 Å². The lowest BCUT2D eigenvalue weighted by molar-refractivity contribution is 0.0947. The smallest absolute Gasteiger partial charge is 0.269 e. The summed E-state index contributed by atoms with van der Waals surface area (Å²) in [5.41, 5.74) is 1.39. The Morgan fingerprint density at radius 3 is 2.48 bits per heavy atom. The molecule has 128 valence electrons. The van der Waals surface area contributed by atoms with Crippen molar-refractivity contribution < 1.29 is 4.79 Å². The van der Waals surface area contributed by atoms with Gasteiger partial charge < -0.3 is 10.3 Å². The van der Waals surface area contributed by atoms with E-state index in [2.05, 4.69) is 22.4 Å². The van der Waals surface area contributed by atoms with Gasteiger partial charge in [0.1, 0.15) is 5.69 Å². The van der Waals surface area contributed by atoms with Crippen LogP contribution in [0.1, 0.15) is 16.9 Å². The second-order valence-electron chi connectivity index (χ2n) is 5.42. The van der Waals surface area contributed by atoms with Crippen molar-refractivity contribution in [3.8, 4) is 5.69 Å². The van der Waals surface area contributed by atoms with Crippen molar-refractivity contribution >= 4 is 29.9 Å². The first-order valence-electron chi connectivity index (χ1n) is 8.07. The van der Waals surface area contributed by atoms with Crippen LogP contribution in [-0.4, -0.2) is 27.8 Å². The molecule has 0 saturated heterocycles. The van der Waals surface area contributed by atoms with Crippen molar-refractivity contribution in [3.05, 3.63) is 77.3 Å². The summed E-state index contributed by atoms with van der Waals surface area (Å²) in [6.07, 6.45) is 2.56. The first-order chi connectivity index (χ1) is 12.3. The molecule has 25 heavy (non-hydrogen) atoms. The molecule has 6 heteroatoms. The monoisotopic (exact) mass is 369 g/mol. The Morgan fingerprint density at radius 1 is 1.08 bits per heavy atom. The van der Waals surface area contributed by atoms with E-state index >= 15 is 0 Å². The highest BCUT2D eigenvalue weighted by atomic mass is 32.2. The lowest BCUT2D eigenvalue weighted by atomic mass is 10.3. The third kappa shape index (κ3) is 4.61. The van der Waals surface area contributed by atoms with Gasteiger partial charge >= 0.3 is 0 Å². The molecule has 0 spiro atoms. The number of imidazole rings is 1. The van der Waals surface area contributed by atoms with Gasteiger partial charge in [0.05, 0.1) is 0 Å². The lowest BCUT2D eigenvalue weighted by Gasteiger charge is -2.09. The average Bonchev–Trinajstić information content (AvgIpc) is 3.04. The topological polar surface area (TPSA) is 49.8 Å². The predicted molar refractivity (Wildman–Crippen MR) is 105 cm³/mol. The van der Waals surface area contributed by atoms with Crippen molar-refractivity contribution in [2.45, 2.75) is 11.3 Å². The molecular weight excluding hydrogens is 350 g/mol. The zero-order valence-electron chi connectivity index (χ0n) is 13.6. The number of rotatable bonds is 7. The number of hydrogen-bond donors (Lipinski definition) is 2. The molecule has 0 unspecified atom stereocenters. The summed E-state index contributed by atoms with van der Waals surface area (Å²) in [4.78, 5) is 16.7. The van der Waals surface area contributed by atoms with E-state index in [0.29, 0.717) is 17.0 Å². The molecule has 0 fully saturated rings. The molecule has 1 amide bonds. The van der Waals surface area contributed by atoms with E-state index in [-0.39, 0.29) is 5.91 Å². The minimum Gasteiger partial charge on any atom is -0.351 e. The minimum absolute atomic E-state index is 0.124. The van der Waals surface area contributed by atoms with Crippen molar-refractivity contribution in [2.24, 2.45) is 0 Å². The Bertz CT molecular complexity index is 872. The second-order valence-corrected chi connectivity index (χ2v) is 6.98. The number of aromatic amines is 1. The highest BCUT2D eigenvalue weighted by Gasteiger charge is 2.13. The van der Waals surface area contributed by atoms with Crippen LogP contribution < -0.4 is 5.32 Å². The van der Waals surface area contributed by atoms with Crippen molar-refractivity contribution in [1.82, 2.24) is 14.9 Å². The van der Waals surface area contributed by atoms with Gasteiger partial charge in [-0.15, -0.1) is 11.8 Å². The van der Waals surface area contributed by atoms with Crippen molar-refractivity contribution in [1.29, 1.82) is 0 Å². The van der Waals surface area contributed by atoms with Gasteiger partial charge in [0.2, 0.25) is 0 Å². The van der Waals surface area contributed by atoms with Crippen LogP contribution in [0.2, 0.25) is 0 Å². The number of thioether (sulfide) groups is 1. The number of aromatic nitrogens is 2. The summed E-state index contributed by atoms with van der Waals surface area (Å²) in [7, 11) is 0. The van der Waals surface area contributed by atoms with Gasteiger partial charge in [-0.25, -0.2) is 0 Å². The third-order valence-corrected chi connectivity index (χ3v) is 5.04. The molecule has 0 aliphatic heterocycles. The number of H-pyrrole nitrogens is 1. The van der Waals surface area contributed by atoms with Gasteiger partial charge in [-0.2, -0.15) is 0 Å². The molecule has 0 aliphatic carbocycles. The molecular formula is C19H19N3OS2. The minimum atomic E-state index is -0.124. The van der Waals surface area contributed by atoms with E-state index in [1.54, 1.807) is 22.5 Å². The van der Waals surface area contributed by atoms with Crippen LogP contribution in [0.25, 0.3) is 5.69 Å². The van der Waals surface area contributed by atoms with Crippen molar-refractivity contribution in [2.75, 3.05) is 12.3 Å². The average molecular weight is 370 g/mol. The molecule has 1 heterocycles. The van der Waals surface area contributed by atoms with E-state index in [4.69, 9.17) is 12.2 Å². The normalized spacial score (nSPS) is 10.6. The van der Waals surface area contributed by atoms with Crippen LogP contribution in [0.4, 0.5) is 0 Å². The highest BCUT2D eigenvalue weighted by Crippen LogP contribution is 2.17. The standard InChI is InChI=1S/C19H19N3OS2/c23-18(20-12-7-13-25-16-10-5-2-6-11-16)17-14-21-19(24)22(17)15-8-3-1-4-9-15/h1-6,8-11,14H,7,12-13H2,(H,20,23)(H,21,24). The Labute approximate surface area is 156 Å². The Balaban J connectivity index is 1.55. The van der Waals surface area contributed by atoms with E-state index in [9.17, 15) is 4.79 Å². The first-order valence-corrected chi connectivity index (χ1v) is 9.47. The number of hydrogen-bond acceptors (Lipinski definition) is 3. The SMILES string of the molecule is O=C(NCCCSc1ccccc1)c1c[nH]c(=S)n1-c1ccccc1. The van der Waals surface area contributed by atoms with Crippen LogP contribution in [0.3, 0.4) is 0 Å². The van der Waals surface area contributed by atoms with Crippen LogP contribution in [0.5, 0.6) is 0 Å². The Hall–Kier alpha value is -2.31. The summed E-state index contributed by atoms with van der Waals surface area (Å²) in [6, 6.07) is 19.9. The van der Waals surface area contributed by atoms with E-state index in [0.717, 1.165) is 17.9 Å². The molecule has 0 radical (unpaired) electrons. The molecule has 2 aromatic carbocycles. The molecule has 0 aliphatic rings. The number of nitrogens with one attached hydrogen (secondary N) is 2. The zero-order chi connectivity index (χ0) is 17.5. The molecule has 1 aromatic heterocycles. The fourth-order valence-corrected chi connectivity index (χ4v) is 3.58. The number of para-hydroxylation sites is 1. The number of amides is 1. The van der Waals surface area contributed by atoms with E-state index in [1.807, 2.05) is 48.5 Å². The van der Waals surface area contributed by atoms with Crippen molar-refractivity contribution in [3.63, 3.8) is 0 Å². The fraction of sp³-hybridized carbons (Fsp3) is 0.158. The maximum absolute atomic E-state index is 12.5. The molecule has 0 atom stereocenters. The lowest BCUT2D eigenvalue weighted by Crippen LogP contribution is -2.26. The van der Waals surface area contributed by atoms with E-state index < -0.39 is 0 Å². The number of benzene rings is 2. The van der Waals surface area contributed by atoms with Gasteiger partial charge in [0.15, 0.2) is 4.77 Å². The summed E-state index contributed by atoms with van der Waals surface area (Å²) >= 11 is 7.10. The maximum Gasteiger partial charge on any atom is 0.269 e. The van der Waals surface area contributed by atoms with Gasteiger partial charge in [0, 0.05) is 23.3 Å². The quantitative estimate of drug-likeness (QED) is 0.368. The van der Waals surface area contributed by atoms with Gasteiger partial charge in [-0.3, -0.25) is 9.36 Å². The third-order valence-electron chi connectivity index (χ3n) is 3.64. The van der Waals surface area contributed by atoms with Gasteiger partial charge in [-0.05, 0) is 48.7 Å². The molecule has 0 saturated carbocycles. The summed E-state index contributed by atoms with van der Waals surface area (Å²) in [6.45, 7) is 0.630. The number of carbonyl (C=O) groups excluding carboxylic acids is 1. The molecule has 0 bridgehead atoms. The first kappa shape index (κ1) is 17.5. The Kier molecular flexibility index (Phi) is 6.09. The summed E-state index contributed by atoms with van der Waals surface area (Å²) < 4.78 is 2.26. The molecule has 3 aromatic rings. The molecule has 3 rings (SSSR count). The number of carbonyl (C=O) groups is 1. The predicted octanol–water partition coefficient (Wildman–Crippen LogP) is 4.45. The fourth-order valence-electron chi connectivity index (χ4n) is 2.44. The highest BCUT2D eigenvalue weighted by molar-refractivity contribution is 7.99. The van der Waals surface area contributed by atoms with E-state index in [1.165, 1.54) is 4.90 Å². The van der Waals surface area contributed by atoms with Crippen LogP contribution in [0.15, 0.2) is 71.8 Å². The summed E-state index contributed by atoms with van der Waals surface area (Å²) in [5.74, 6) is 0.837. The number of nitrogens with zero attached hydrogens (tertiary/aromatic N) is 1. The summed E-state index contributed by atoms with van der Waals surface area (Å²) in [5, 5.41) is 2.97. The van der Waals surface area contributed by atoms with Crippen LogP contribution >= 0.6 is 24.0 Å². The largest absolute Gasteiger partial charge is 0.351 e. The zero-order valence-corrected chi connectivity index (χ0v) is 15.3. The Morgan fingerprint density at radius 2 is 1.76 bits per heavy atom. The maximum atomic E-state index is 12.5. The van der Waals surface area contributed by atoms with Gasteiger partial charge in [0.25, 0.3) is 5.91 Å². The molecule has 2 N–H and O–H groups in total. The second kappa shape index (κ2) is 8.69.